The van der Waals surface area contributed by atoms with Gasteiger partial charge >= 0.3 is 6.86 Å². The second-order valence-corrected chi connectivity index (χ2v) is 22.1. The van der Waals surface area contributed by atoms with E-state index in [1.165, 1.54) is 16.8 Å². The molecule has 228 valence electrons. The number of hydrogen-bond donors (Lipinski definition) is 0. The first-order chi connectivity index (χ1) is 18.5. The Kier molecular flexibility index (Phi) is 9.57. The zero-order chi connectivity index (χ0) is 31.3. The summed E-state index contributed by atoms with van der Waals surface area (Å²) < 4.78 is 2.33. The first-order valence-electron chi connectivity index (χ1n) is 15.3. The molecule has 0 bridgehead atoms. The van der Waals surface area contributed by atoms with Gasteiger partial charge in [-0.2, -0.15) is 0 Å². The lowest BCUT2D eigenvalue weighted by molar-refractivity contribution is 0.317. The number of anilines is 1. The lowest BCUT2D eigenvalue weighted by atomic mass is 9.85. The number of hydrogen-bond acceptors (Lipinski definition) is 2. The lowest BCUT2D eigenvalue weighted by Crippen LogP contribution is -2.69. The molecule has 0 aromatic heterocycles. The second-order valence-electron chi connectivity index (χ2n) is 15.9. The molecule has 2 aromatic carbocycles. The molecule has 1 heterocycles. The fraction of sp³-hybridized carbons (Fsp3) is 0.629. The minimum absolute atomic E-state index is 0.0983. The lowest BCUT2D eigenvalue weighted by Gasteiger charge is -2.53. The third-order valence-corrected chi connectivity index (χ3v) is 13.5. The minimum Gasteiger partial charge on any atom is -0.361 e. The summed E-state index contributed by atoms with van der Waals surface area (Å²) in [7, 11) is 0. The van der Waals surface area contributed by atoms with Crippen molar-refractivity contribution in [1.82, 2.24) is 4.57 Å². The maximum atomic E-state index is 8.09. The van der Waals surface area contributed by atoms with Crippen LogP contribution in [-0.4, -0.2) is 39.5 Å². The van der Waals surface area contributed by atoms with Crippen molar-refractivity contribution in [3.05, 3.63) is 65.2 Å². The number of amidine groups is 1. The summed E-state index contributed by atoms with van der Waals surface area (Å²) in [5, 5.41) is 0. The third-order valence-electron chi connectivity index (χ3n) is 8.11. The summed E-state index contributed by atoms with van der Waals surface area (Å²) in [6.07, 6.45) is 0.984. The summed E-state index contributed by atoms with van der Waals surface area (Å²) >= 11 is 16.2. The highest BCUT2D eigenvalue weighted by molar-refractivity contribution is 7.45. The molecule has 3 nitrogen and oxygen atoms in total. The maximum Gasteiger partial charge on any atom is 0.377 e. The van der Waals surface area contributed by atoms with Gasteiger partial charge < -0.3 is 9.47 Å². The van der Waals surface area contributed by atoms with E-state index in [0.717, 1.165) is 17.8 Å². The maximum absolute atomic E-state index is 8.09. The summed E-state index contributed by atoms with van der Waals surface area (Å²) in [6, 6.07) is 17.3. The van der Waals surface area contributed by atoms with E-state index >= 15 is 0 Å². The molecular formula is C35H55Cl2N3Si. The average molecular weight is 617 g/mol. The van der Waals surface area contributed by atoms with E-state index in [2.05, 4.69) is 149 Å². The highest BCUT2D eigenvalue weighted by Crippen LogP contribution is 2.56. The zero-order valence-corrected chi connectivity index (χ0v) is 30.7. The van der Waals surface area contributed by atoms with Crippen LogP contribution in [0.1, 0.15) is 132 Å². The largest absolute Gasteiger partial charge is 0.377 e. The van der Waals surface area contributed by atoms with E-state index in [0.29, 0.717) is 11.8 Å². The average Bonchev–Trinajstić information content (AvgIpc) is 3.00. The Labute approximate surface area is 262 Å². The van der Waals surface area contributed by atoms with Gasteiger partial charge in [0.05, 0.1) is 11.2 Å². The molecule has 2 aromatic rings. The molecule has 41 heavy (non-hydrogen) atoms. The van der Waals surface area contributed by atoms with Gasteiger partial charge in [-0.1, -0.05) is 90.1 Å². The summed E-state index contributed by atoms with van der Waals surface area (Å²) in [5.74, 6) is 1.61. The van der Waals surface area contributed by atoms with Crippen LogP contribution in [0.5, 0.6) is 0 Å². The van der Waals surface area contributed by atoms with Gasteiger partial charge in [-0.05, 0) is 90.2 Å². The summed E-state index contributed by atoms with van der Waals surface area (Å²) in [5.41, 5.74) is 4.00. The van der Waals surface area contributed by atoms with Crippen molar-refractivity contribution in [1.29, 1.82) is 0 Å². The SMILES string of the molecule is CC(C)c1cccc(C(C)C)c1N1[C@@H]([Si](Cl)(Cl)N(C(=NC(C)(C)C)c2ccccc2)C(C)(C)C)C(C)(C)CC1(C)C. The standard InChI is InChI=1S/C35H55Cl2N3Si/c1-24(2)27-21-18-22-28(25(3)4)29(27)39-31(34(11,12)23-35(39,13)14)41(36,37)40(33(8,9)10)30(38-32(5,6)7)26-19-16-15-17-20-26/h15-22,24-25,31H,23H2,1-14H3/t31-/m0/s1. The molecule has 1 aliphatic heterocycles. The van der Waals surface area contributed by atoms with Gasteiger partial charge in [0.25, 0.3) is 0 Å². The number of nitrogens with zero attached hydrogens (tertiary/aromatic N) is 3. The molecule has 0 unspecified atom stereocenters. The van der Waals surface area contributed by atoms with Gasteiger partial charge in [-0.25, -0.2) is 0 Å². The van der Waals surface area contributed by atoms with E-state index in [1.807, 2.05) is 6.07 Å². The third kappa shape index (κ3) is 7.02. The van der Waals surface area contributed by atoms with Crippen LogP contribution >= 0.6 is 22.2 Å². The van der Waals surface area contributed by atoms with Gasteiger partial charge in [0, 0.05) is 22.3 Å². The van der Waals surface area contributed by atoms with Gasteiger partial charge in [0.1, 0.15) is 5.84 Å². The van der Waals surface area contributed by atoms with Crippen LogP contribution in [0.15, 0.2) is 53.5 Å². The Balaban J connectivity index is 2.43. The van der Waals surface area contributed by atoms with Crippen molar-refractivity contribution in [3.63, 3.8) is 0 Å². The van der Waals surface area contributed by atoms with Crippen molar-refractivity contribution >= 4 is 40.5 Å². The number of rotatable bonds is 6. The second kappa shape index (κ2) is 11.5. The molecule has 1 atom stereocenters. The zero-order valence-electron chi connectivity index (χ0n) is 28.2. The van der Waals surface area contributed by atoms with E-state index in [-0.39, 0.29) is 27.7 Å². The summed E-state index contributed by atoms with van der Waals surface area (Å²) in [6.45, 7) is 28.4. The normalized spacial score (nSPS) is 19.8. The summed E-state index contributed by atoms with van der Waals surface area (Å²) in [4.78, 5) is 8.00. The molecule has 0 radical (unpaired) electrons. The fourth-order valence-electron chi connectivity index (χ4n) is 7.02. The number of benzene rings is 2. The molecule has 1 aliphatic rings. The number of para-hydroxylation sites is 1. The predicted octanol–water partition coefficient (Wildman–Crippen LogP) is 10.6. The van der Waals surface area contributed by atoms with Crippen molar-refractivity contribution < 1.29 is 0 Å². The van der Waals surface area contributed by atoms with Crippen LogP contribution in [0.3, 0.4) is 0 Å². The molecule has 1 fully saturated rings. The van der Waals surface area contributed by atoms with Crippen LogP contribution < -0.4 is 4.90 Å². The van der Waals surface area contributed by atoms with Gasteiger partial charge in [-0.15, -0.1) is 22.2 Å². The van der Waals surface area contributed by atoms with Crippen molar-refractivity contribution in [2.75, 3.05) is 4.90 Å². The molecule has 0 amide bonds. The van der Waals surface area contributed by atoms with Crippen LogP contribution in [0.25, 0.3) is 0 Å². The van der Waals surface area contributed by atoms with E-state index < -0.39 is 6.86 Å². The van der Waals surface area contributed by atoms with Crippen LogP contribution in [0.4, 0.5) is 5.69 Å². The first-order valence-corrected chi connectivity index (χ1v) is 19.3. The highest BCUT2D eigenvalue weighted by atomic mass is 35.7. The highest BCUT2D eigenvalue weighted by Gasteiger charge is 2.65. The van der Waals surface area contributed by atoms with E-state index in [1.54, 1.807) is 0 Å². The van der Waals surface area contributed by atoms with Gasteiger partial charge in [0.2, 0.25) is 0 Å². The molecule has 0 aliphatic carbocycles. The van der Waals surface area contributed by atoms with Gasteiger partial charge in [-0.3, -0.25) is 4.99 Å². The van der Waals surface area contributed by atoms with Crippen molar-refractivity contribution in [2.45, 2.75) is 137 Å². The Morgan fingerprint density at radius 3 is 1.76 bits per heavy atom. The number of halogens is 2. The Hall–Kier alpha value is -1.49. The van der Waals surface area contributed by atoms with E-state index in [9.17, 15) is 0 Å². The molecule has 1 saturated heterocycles. The molecule has 0 N–H and O–H groups in total. The van der Waals surface area contributed by atoms with Gasteiger partial charge in [0.15, 0.2) is 0 Å². The topological polar surface area (TPSA) is 18.8 Å². The number of aliphatic imine (C=N–C) groups is 1. The first kappa shape index (κ1) is 34.0. The van der Waals surface area contributed by atoms with Crippen molar-refractivity contribution in [2.24, 2.45) is 10.4 Å². The van der Waals surface area contributed by atoms with Crippen LogP contribution in [0.2, 0.25) is 0 Å². The van der Waals surface area contributed by atoms with E-state index in [4.69, 9.17) is 27.2 Å². The monoisotopic (exact) mass is 615 g/mol. The van der Waals surface area contributed by atoms with Crippen LogP contribution in [-0.2, 0) is 0 Å². The van der Waals surface area contributed by atoms with Crippen LogP contribution in [0, 0.1) is 5.41 Å². The Bertz CT molecular complexity index is 1210. The molecule has 0 saturated carbocycles. The fourth-order valence-corrected chi connectivity index (χ4v) is 14.8. The molecule has 6 heteroatoms. The molecule has 0 spiro atoms. The predicted molar refractivity (Wildman–Crippen MR) is 185 cm³/mol. The molecular weight excluding hydrogens is 561 g/mol. The Morgan fingerprint density at radius 1 is 0.854 bits per heavy atom. The smallest absolute Gasteiger partial charge is 0.361 e. The Morgan fingerprint density at radius 2 is 1.34 bits per heavy atom. The van der Waals surface area contributed by atoms with Crippen molar-refractivity contribution in [3.8, 4) is 0 Å². The quantitative estimate of drug-likeness (QED) is 0.139. The minimum atomic E-state index is -3.39. The molecule has 3 rings (SSSR count).